The first-order valence-corrected chi connectivity index (χ1v) is 4.94. The van der Waals surface area contributed by atoms with Gasteiger partial charge in [0.25, 0.3) is 23.6 Å². The number of H-pyrrole nitrogens is 1. The quantitative estimate of drug-likeness (QED) is 0.473. The van der Waals surface area contributed by atoms with Gasteiger partial charge in [0, 0.05) is 30.5 Å². The molecular weight excluding hydrogens is 254 g/mol. The van der Waals surface area contributed by atoms with Crippen LogP contribution in [0.25, 0.3) is 0 Å². The van der Waals surface area contributed by atoms with Crippen LogP contribution >= 0.6 is 0 Å². The van der Waals surface area contributed by atoms with Gasteiger partial charge in [-0.15, -0.1) is 5.10 Å². The van der Waals surface area contributed by atoms with Gasteiger partial charge in [-0.25, -0.2) is 0 Å². The summed E-state index contributed by atoms with van der Waals surface area (Å²) in [5, 5.41) is 13.3. The number of nitrogens with zero attached hydrogens (tertiary/aromatic N) is 2. The fourth-order valence-corrected chi connectivity index (χ4v) is 0.879. The molecule has 0 saturated carbocycles. The highest BCUT2D eigenvalue weighted by molar-refractivity contribution is 6.13. The van der Waals surface area contributed by atoms with Gasteiger partial charge in [0.2, 0.25) is 0 Å². The lowest BCUT2D eigenvalue weighted by atomic mass is 10.6. The van der Waals surface area contributed by atoms with Gasteiger partial charge < -0.3 is 0 Å². The van der Waals surface area contributed by atoms with Crippen LogP contribution in [0.2, 0.25) is 0 Å². The summed E-state index contributed by atoms with van der Waals surface area (Å²) in [5.74, 6) is -1.31. The number of carbonyl (C=O) groups is 4. The molecule has 3 heterocycles. The summed E-state index contributed by atoms with van der Waals surface area (Å²) in [5.41, 5.74) is 0. The molecule has 4 amide bonds. The third-order valence-electron chi connectivity index (χ3n) is 1.60. The number of aromatic nitrogens is 3. The van der Waals surface area contributed by atoms with E-state index in [0.717, 1.165) is 0 Å². The fourth-order valence-electron chi connectivity index (χ4n) is 0.879. The van der Waals surface area contributed by atoms with Gasteiger partial charge in [-0.3, -0.25) is 34.9 Å². The number of hydrogen-bond acceptors (Lipinski definition) is 6. The highest BCUT2D eigenvalue weighted by Gasteiger charge is 2.07. The summed E-state index contributed by atoms with van der Waals surface area (Å²) in [6, 6.07) is 0. The van der Waals surface area contributed by atoms with E-state index < -0.39 is 0 Å². The Morgan fingerprint density at radius 2 is 1.16 bits per heavy atom. The van der Waals surface area contributed by atoms with Crippen molar-refractivity contribution in [3.05, 3.63) is 36.7 Å². The first-order valence-electron chi connectivity index (χ1n) is 4.94. The monoisotopic (exact) mass is 263 g/mol. The minimum Gasteiger partial charge on any atom is -0.289 e. The molecule has 2 aliphatic rings. The predicted octanol–water partition coefficient (Wildman–Crippen LogP) is -1.80. The van der Waals surface area contributed by atoms with Crippen LogP contribution < -0.4 is 10.6 Å². The van der Waals surface area contributed by atoms with Crippen LogP contribution in [0, 0.1) is 0 Å². The van der Waals surface area contributed by atoms with E-state index in [1.165, 1.54) is 24.3 Å². The number of imide groups is 2. The maximum atomic E-state index is 10.0. The molecule has 9 heteroatoms. The van der Waals surface area contributed by atoms with E-state index in [9.17, 15) is 19.2 Å². The van der Waals surface area contributed by atoms with Crippen LogP contribution in [0.5, 0.6) is 0 Å². The van der Waals surface area contributed by atoms with Crippen molar-refractivity contribution in [3.63, 3.8) is 0 Å². The van der Waals surface area contributed by atoms with Crippen molar-refractivity contribution in [2.24, 2.45) is 0 Å². The van der Waals surface area contributed by atoms with Crippen LogP contribution in [-0.2, 0) is 19.2 Å². The van der Waals surface area contributed by atoms with Gasteiger partial charge >= 0.3 is 0 Å². The normalized spacial score (nSPS) is 15.2. The zero-order chi connectivity index (χ0) is 14.1. The Balaban J connectivity index is 0.000000145. The molecule has 0 aromatic carbocycles. The molecule has 3 rings (SSSR count). The second kappa shape index (κ2) is 7.27. The molecule has 0 saturated heterocycles. The average molecular weight is 263 g/mol. The second-order valence-corrected chi connectivity index (χ2v) is 3.03. The first kappa shape index (κ1) is 14.0. The Kier molecular flexibility index (Phi) is 5.34. The summed E-state index contributed by atoms with van der Waals surface area (Å²) in [4.78, 5) is 40.1. The summed E-state index contributed by atoms with van der Waals surface area (Å²) in [7, 11) is 0. The molecule has 0 aliphatic carbocycles. The van der Waals surface area contributed by atoms with Crippen LogP contribution in [0.3, 0.4) is 0 Å². The minimum absolute atomic E-state index is 0.329. The maximum Gasteiger partial charge on any atom is 0.250 e. The second-order valence-electron chi connectivity index (χ2n) is 3.03. The predicted molar refractivity (Wildman–Crippen MR) is 61.0 cm³/mol. The summed E-state index contributed by atoms with van der Waals surface area (Å²) in [6.07, 6.45) is 8.02. The lowest BCUT2D eigenvalue weighted by Gasteiger charge is -1.80. The third kappa shape index (κ3) is 6.26. The lowest BCUT2D eigenvalue weighted by Crippen LogP contribution is -2.19. The Labute approximate surface area is 106 Å². The van der Waals surface area contributed by atoms with E-state index in [2.05, 4.69) is 15.4 Å². The van der Waals surface area contributed by atoms with Gasteiger partial charge in [0.1, 0.15) is 0 Å². The van der Waals surface area contributed by atoms with Gasteiger partial charge in [0.15, 0.2) is 0 Å². The van der Waals surface area contributed by atoms with Gasteiger partial charge in [-0.05, 0) is 0 Å². The van der Waals surface area contributed by atoms with E-state index in [-0.39, 0.29) is 23.6 Å². The SMILES string of the molecule is O=C1C=CC(=O)N1.O=C1C=CC(=O)N1.c1c[nH]nn1. The van der Waals surface area contributed by atoms with E-state index >= 15 is 0 Å². The number of rotatable bonds is 0. The third-order valence-corrected chi connectivity index (χ3v) is 1.60. The molecule has 98 valence electrons. The summed E-state index contributed by atoms with van der Waals surface area (Å²) >= 11 is 0. The number of hydrogen-bond donors (Lipinski definition) is 3. The van der Waals surface area contributed by atoms with Crippen molar-refractivity contribution in [1.29, 1.82) is 0 Å². The van der Waals surface area contributed by atoms with Gasteiger partial charge in [0.05, 0.1) is 6.20 Å². The molecule has 1 aromatic heterocycles. The van der Waals surface area contributed by atoms with Crippen molar-refractivity contribution in [2.45, 2.75) is 0 Å². The van der Waals surface area contributed by atoms with E-state index in [4.69, 9.17) is 0 Å². The molecule has 0 fully saturated rings. The zero-order valence-corrected chi connectivity index (χ0v) is 9.49. The van der Waals surface area contributed by atoms with Gasteiger partial charge in [-0.2, -0.15) is 0 Å². The molecule has 0 bridgehead atoms. The van der Waals surface area contributed by atoms with E-state index in [0.29, 0.717) is 0 Å². The maximum absolute atomic E-state index is 10.0. The van der Waals surface area contributed by atoms with Crippen molar-refractivity contribution in [3.8, 4) is 0 Å². The number of amides is 4. The van der Waals surface area contributed by atoms with Crippen molar-refractivity contribution in [1.82, 2.24) is 26.0 Å². The topological polar surface area (TPSA) is 134 Å². The number of carbonyl (C=O) groups excluding carboxylic acids is 4. The van der Waals surface area contributed by atoms with Crippen LogP contribution in [0.4, 0.5) is 0 Å². The van der Waals surface area contributed by atoms with Crippen LogP contribution in [-0.4, -0.2) is 39.0 Å². The Morgan fingerprint density at radius 1 is 0.737 bits per heavy atom. The Bertz CT molecular complexity index is 447. The summed E-state index contributed by atoms with van der Waals surface area (Å²) in [6.45, 7) is 0. The smallest absolute Gasteiger partial charge is 0.250 e. The molecule has 3 N–H and O–H groups in total. The van der Waals surface area contributed by atoms with E-state index in [1.54, 1.807) is 12.4 Å². The molecule has 0 radical (unpaired) electrons. The van der Waals surface area contributed by atoms with Crippen molar-refractivity contribution >= 4 is 23.6 Å². The first-order chi connectivity index (χ1) is 9.08. The Morgan fingerprint density at radius 3 is 1.26 bits per heavy atom. The van der Waals surface area contributed by atoms with Gasteiger partial charge in [-0.1, -0.05) is 5.21 Å². The molecule has 2 aliphatic heterocycles. The van der Waals surface area contributed by atoms with Crippen LogP contribution in [0.1, 0.15) is 0 Å². The molecule has 1 aromatic rings. The van der Waals surface area contributed by atoms with Crippen LogP contribution in [0.15, 0.2) is 36.7 Å². The number of aromatic amines is 1. The van der Waals surface area contributed by atoms with Crippen molar-refractivity contribution < 1.29 is 19.2 Å². The highest BCUT2D eigenvalue weighted by atomic mass is 16.2. The fraction of sp³-hybridized carbons (Fsp3) is 0. The highest BCUT2D eigenvalue weighted by Crippen LogP contribution is 1.83. The standard InChI is InChI=1S/2C4H3NO2.C2H3N3/c2*6-3-1-2-4(7)5-3;1-2-4-5-3-1/h2*1-2H,(H,5,6,7);1-2H,(H,3,4,5). The summed E-state index contributed by atoms with van der Waals surface area (Å²) < 4.78 is 0. The molecule has 0 atom stereocenters. The molecule has 19 heavy (non-hydrogen) atoms. The largest absolute Gasteiger partial charge is 0.289 e. The Hall–Kier alpha value is -3.10. The minimum atomic E-state index is -0.329. The van der Waals surface area contributed by atoms with E-state index in [1.807, 2.05) is 10.6 Å². The molecule has 9 nitrogen and oxygen atoms in total. The zero-order valence-electron chi connectivity index (χ0n) is 9.49. The molecule has 0 unspecified atom stereocenters. The van der Waals surface area contributed by atoms with Crippen molar-refractivity contribution in [2.75, 3.05) is 0 Å². The number of nitrogens with one attached hydrogen (secondary N) is 3. The average Bonchev–Trinajstić information content (AvgIpc) is 3.06. The lowest BCUT2D eigenvalue weighted by molar-refractivity contribution is -0.125. The molecule has 0 spiro atoms. The molecular formula is C10H9N5O4.